The van der Waals surface area contributed by atoms with Crippen LogP contribution in [0.1, 0.15) is 35.2 Å². The van der Waals surface area contributed by atoms with Crippen LogP contribution in [0.25, 0.3) is 22.6 Å². The minimum Gasteiger partial charge on any atom is -0.436 e. The van der Waals surface area contributed by atoms with Crippen molar-refractivity contribution in [3.05, 3.63) is 90.0 Å². The fourth-order valence-corrected chi connectivity index (χ4v) is 4.62. The zero-order chi connectivity index (χ0) is 23.5. The van der Waals surface area contributed by atoms with Gasteiger partial charge in [-0.25, -0.2) is 4.98 Å². The Morgan fingerprint density at radius 3 is 2.47 bits per heavy atom. The Morgan fingerprint density at radius 2 is 1.71 bits per heavy atom. The number of hydrogen-bond acceptors (Lipinski definition) is 4. The van der Waals surface area contributed by atoms with Crippen LogP contribution in [0.3, 0.4) is 0 Å². The maximum Gasteiger partial charge on any atom is 0.253 e. The highest BCUT2D eigenvalue weighted by molar-refractivity contribution is 5.94. The first-order chi connectivity index (χ1) is 16.6. The van der Waals surface area contributed by atoms with Crippen molar-refractivity contribution in [2.24, 2.45) is 0 Å². The number of para-hydroxylation sites is 2. The number of nitrogens with one attached hydrogen (secondary N) is 1. The molecule has 1 fully saturated rings. The number of carbonyl (C=O) groups is 2. The number of rotatable bonds is 6. The van der Waals surface area contributed by atoms with Gasteiger partial charge in [-0.1, -0.05) is 42.5 Å². The van der Waals surface area contributed by atoms with Crippen molar-refractivity contribution in [2.75, 3.05) is 7.05 Å². The lowest BCUT2D eigenvalue weighted by molar-refractivity contribution is -0.121. The summed E-state index contributed by atoms with van der Waals surface area (Å²) in [6.07, 6.45) is 2.89. The summed E-state index contributed by atoms with van der Waals surface area (Å²) < 4.78 is 5.82. The molecular weight excluding hydrogens is 426 g/mol. The Balaban J connectivity index is 1.18. The van der Waals surface area contributed by atoms with Crippen LogP contribution in [-0.4, -0.2) is 40.8 Å². The van der Waals surface area contributed by atoms with Crippen molar-refractivity contribution in [1.82, 2.24) is 15.2 Å². The van der Waals surface area contributed by atoms with Crippen LogP contribution in [0.4, 0.5) is 0 Å². The van der Waals surface area contributed by atoms with E-state index in [1.807, 2.05) is 85.9 Å². The number of amides is 2. The van der Waals surface area contributed by atoms with Crippen molar-refractivity contribution in [3.8, 4) is 11.5 Å². The molecule has 4 aromatic rings. The monoisotopic (exact) mass is 453 g/mol. The lowest BCUT2D eigenvalue weighted by Gasteiger charge is -2.25. The van der Waals surface area contributed by atoms with E-state index < -0.39 is 0 Å². The fraction of sp³-hybridized carbons (Fsp3) is 0.250. The molecule has 1 heterocycles. The standard InChI is InChI=1S/C28H27N3O3/c1-31(23-16-15-22(18-23)29-26(32)17-19-7-3-2-4-8-19)28(33)21-13-11-20(12-14-21)27-30-24-9-5-6-10-25(24)34-27/h2-14,22-23H,15-18H2,1H3,(H,29,32)/t22-,23-/m1/s1. The van der Waals surface area contributed by atoms with Gasteiger partial charge in [-0.05, 0) is 61.2 Å². The van der Waals surface area contributed by atoms with Gasteiger partial charge in [0.05, 0.1) is 6.42 Å². The summed E-state index contributed by atoms with van der Waals surface area (Å²) in [5.74, 6) is 0.546. The Bertz CT molecular complexity index is 1260. The first-order valence-electron chi connectivity index (χ1n) is 11.6. The number of carbonyl (C=O) groups excluding carboxylic acids is 2. The molecule has 6 nitrogen and oxygen atoms in total. The Kier molecular flexibility index (Phi) is 6.12. The topological polar surface area (TPSA) is 75.4 Å². The molecule has 0 saturated heterocycles. The van der Waals surface area contributed by atoms with E-state index in [4.69, 9.17) is 4.42 Å². The maximum absolute atomic E-state index is 13.1. The number of hydrogen-bond donors (Lipinski definition) is 1. The van der Waals surface area contributed by atoms with Gasteiger partial charge in [0.2, 0.25) is 11.8 Å². The SMILES string of the molecule is CN(C(=O)c1ccc(-c2nc3ccccc3o2)cc1)[C@@H]1CC[C@@H](NC(=O)Cc2ccccc2)C1. The second-order valence-electron chi connectivity index (χ2n) is 8.87. The van der Waals surface area contributed by atoms with Gasteiger partial charge >= 0.3 is 0 Å². The average molecular weight is 454 g/mol. The van der Waals surface area contributed by atoms with Crippen LogP contribution in [0.15, 0.2) is 83.3 Å². The van der Waals surface area contributed by atoms with Crippen LogP contribution >= 0.6 is 0 Å². The predicted molar refractivity (Wildman–Crippen MR) is 131 cm³/mol. The molecule has 1 saturated carbocycles. The van der Waals surface area contributed by atoms with Crippen molar-refractivity contribution >= 4 is 22.9 Å². The number of benzene rings is 3. The van der Waals surface area contributed by atoms with E-state index in [0.29, 0.717) is 17.9 Å². The second kappa shape index (κ2) is 9.51. The summed E-state index contributed by atoms with van der Waals surface area (Å²) >= 11 is 0. The number of oxazole rings is 1. The molecule has 1 aliphatic carbocycles. The highest BCUT2D eigenvalue weighted by Crippen LogP contribution is 2.27. The molecule has 2 atom stereocenters. The normalized spacial score (nSPS) is 17.6. The van der Waals surface area contributed by atoms with Crippen LogP contribution in [0.5, 0.6) is 0 Å². The highest BCUT2D eigenvalue weighted by atomic mass is 16.3. The Morgan fingerprint density at radius 1 is 0.971 bits per heavy atom. The molecule has 3 aromatic carbocycles. The molecule has 0 unspecified atom stereocenters. The molecule has 6 heteroatoms. The van der Waals surface area contributed by atoms with Gasteiger partial charge in [0, 0.05) is 30.3 Å². The smallest absolute Gasteiger partial charge is 0.253 e. The summed E-state index contributed by atoms with van der Waals surface area (Å²) in [5.41, 5.74) is 4.01. The van der Waals surface area contributed by atoms with Gasteiger partial charge in [-0.2, -0.15) is 0 Å². The summed E-state index contributed by atoms with van der Waals surface area (Å²) in [5, 5.41) is 3.13. The van der Waals surface area contributed by atoms with Crippen LogP contribution in [0, 0.1) is 0 Å². The van der Waals surface area contributed by atoms with Gasteiger partial charge in [0.15, 0.2) is 5.58 Å². The molecule has 0 radical (unpaired) electrons. The molecule has 2 amide bonds. The average Bonchev–Trinajstić information content (AvgIpc) is 3.51. The summed E-state index contributed by atoms with van der Waals surface area (Å²) in [7, 11) is 1.84. The molecule has 0 bridgehead atoms. The molecule has 172 valence electrons. The first kappa shape index (κ1) is 21.9. The van der Waals surface area contributed by atoms with Gasteiger partial charge in [-0.3, -0.25) is 9.59 Å². The molecule has 34 heavy (non-hydrogen) atoms. The number of nitrogens with zero attached hydrogens (tertiary/aromatic N) is 2. The first-order valence-corrected chi connectivity index (χ1v) is 11.6. The third kappa shape index (κ3) is 4.71. The fourth-order valence-electron chi connectivity index (χ4n) is 4.62. The molecule has 1 aromatic heterocycles. The van der Waals surface area contributed by atoms with E-state index in [1.165, 1.54) is 0 Å². The Hall–Kier alpha value is -3.93. The van der Waals surface area contributed by atoms with E-state index in [0.717, 1.165) is 41.5 Å². The number of aromatic nitrogens is 1. The molecular formula is C28H27N3O3. The van der Waals surface area contributed by atoms with E-state index in [2.05, 4.69) is 10.3 Å². The van der Waals surface area contributed by atoms with Gasteiger partial charge in [-0.15, -0.1) is 0 Å². The minimum absolute atomic E-state index is 0.0228. The zero-order valence-electron chi connectivity index (χ0n) is 19.1. The van der Waals surface area contributed by atoms with Crippen molar-refractivity contribution in [1.29, 1.82) is 0 Å². The second-order valence-corrected chi connectivity index (χ2v) is 8.87. The summed E-state index contributed by atoms with van der Waals surface area (Å²) in [6, 6.07) is 24.9. The van der Waals surface area contributed by atoms with Gasteiger partial charge < -0.3 is 14.6 Å². The molecule has 1 N–H and O–H groups in total. The number of fused-ring (bicyclic) bond motifs is 1. The quantitative estimate of drug-likeness (QED) is 0.453. The van der Waals surface area contributed by atoms with Crippen LogP contribution < -0.4 is 5.32 Å². The molecule has 0 spiro atoms. The predicted octanol–water partition coefficient (Wildman–Crippen LogP) is 4.85. The van der Waals surface area contributed by atoms with Crippen LogP contribution in [-0.2, 0) is 11.2 Å². The largest absolute Gasteiger partial charge is 0.436 e. The third-order valence-electron chi connectivity index (χ3n) is 6.52. The van der Waals surface area contributed by atoms with Crippen molar-refractivity contribution in [3.63, 3.8) is 0 Å². The molecule has 0 aliphatic heterocycles. The Labute approximate surface area is 198 Å². The van der Waals surface area contributed by atoms with E-state index in [9.17, 15) is 9.59 Å². The van der Waals surface area contributed by atoms with Crippen molar-refractivity contribution in [2.45, 2.75) is 37.8 Å². The van der Waals surface area contributed by atoms with E-state index in [1.54, 1.807) is 4.90 Å². The lowest BCUT2D eigenvalue weighted by atomic mass is 10.1. The summed E-state index contributed by atoms with van der Waals surface area (Å²) in [6.45, 7) is 0. The molecule has 1 aliphatic rings. The van der Waals surface area contributed by atoms with Gasteiger partial charge in [0.1, 0.15) is 5.52 Å². The maximum atomic E-state index is 13.1. The lowest BCUT2D eigenvalue weighted by Crippen LogP contribution is -2.38. The van der Waals surface area contributed by atoms with Crippen LogP contribution in [0.2, 0.25) is 0 Å². The van der Waals surface area contributed by atoms with E-state index in [-0.39, 0.29) is 23.9 Å². The minimum atomic E-state index is -0.0228. The third-order valence-corrected chi connectivity index (χ3v) is 6.52. The van der Waals surface area contributed by atoms with Gasteiger partial charge in [0.25, 0.3) is 5.91 Å². The van der Waals surface area contributed by atoms with E-state index >= 15 is 0 Å². The zero-order valence-corrected chi connectivity index (χ0v) is 19.1. The van der Waals surface area contributed by atoms with Crippen molar-refractivity contribution < 1.29 is 14.0 Å². The molecule has 5 rings (SSSR count). The summed E-state index contributed by atoms with van der Waals surface area (Å²) in [4.78, 5) is 31.8. The highest BCUT2D eigenvalue weighted by Gasteiger charge is 2.31.